The van der Waals surface area contributed by atoms with Crippen molar-refractivity contribution in [1.82, 2.24) is 15.0 Å². The van der Waals surface area contributed by atoms with Crippen LogP contribution in [0.1, 0.15) is 11.5 Å². The van der Waals surface area contributed by atoms with Gasteiger partial charge >= 0.3 is 12.4 Å². The number of piperazine rings is 1. The quantitative estimate of drug-likeness (QED) is 0.876. The number of hydrogen-bond acceptors (Lipinski definition) is 5. The smallest absolute Gasteiger partial charge is 0.406 e. The molecule has 2 amide bonds. The average Bonchev–Trinajstić information content (AvgIpc) is 3.01. The zero-order valence-electron chi connectivity index (χ0n) is 14.6. The lowest BCUT2D eigenvalue weighted by Crippen LogP contribution is -2.49. The van der Waals surface area contributed by atoms with E-state index in [0.29, 0.717) is 38.4 Å². The summed E-state index contributed by atoms with van der Waals surface area (Å²) in [6.07, 6.45) is -4.74. The monoisotopic (exact) mass is 384 g/mol. The zero-order chi connectivity index (χ0) is 19.4. The summed E-state index contributed by atoms with van der Waals surface area (Å²) in [4.78, 5) is 16.1. The molecule has 0 aliphatic carbocycles. The summed E-state index contributed by atoms with van der Waals surface area (Å²) in [5.74, 6) is 0.448. The second kappa shape index (κ2) is 7.87. The number of anilines is 1. The number of aryl methyl sites for hydroxylation is 1. The van der Waals surface area contributed by atoms with Crippen LogP contribution in [-0.2, 0) is 6.54 Å². The predicted molar refractivity (Wildman–Crippen MR) is 90.2 cm³/mol. The molecule has 0 spiro atoms. The van der Waals surface area contributed by atoms with Gasteiger partial charge in [0.15, 0.2) is 5.76 Å². The molecule has 0 bridgehead atoms. The highest BCUT2D eigenvalue weighted by Crippen LogP contribution is 2.24. The van der Waals surface area contributed by atoms with Crippen LogP contribution in [0.4, 0.5) is 23.7 Å². The summed E-state index contributed by atoms with van der Waals surface area (Å²) in [5, 5.41) is 6.52. The number of hydrogen-bond donors (Lipinski definition) is 1. The highest BCUT2D eigenvalue weighted by molar-refractivity contribution is 5.89. The molecule has 146 valence electrons. The molecule has 0 atom stereocenters. The van der Waals surface area contributed by atoms with Crippen molar-refractivity contribution in [3.05, 3.63) is 41.8 Å². The van der Waals surface area contributed by atoms with Crippen LogP contribution in [0.2, 0.25) is 0 Å². The molecule has 1 aromatic heterocycles. The predicted octanol–water partition coefficient (Wildman–Crippen LogP) is 3.23. The van der Waals surface area contributed by atoms with Gasteiger partial charge in [0.25, 0.3) is 0 Å². The number of halogens is 3. The van der Waals surface area contributed by atoms with E-state index in [4.69, 9.17) is 4.52 Å². The number of urea groups is 1. The number of carbonyl (C=O) groups excluding carboxylic acids is 1. The van der Waals surface area contributed by atoms with Gasteiger partial charge in [0.1, 0.15) is 5.75 Å². The molecule has 3 rings (SSSR count). The Labute approximate surface area is 153 Å². The molecule has 0 unspecified atom stereocenters. The molecule has 2 heterocycles. The van der Waals surface area contributed by atoms with E-state index in [1.165, 1.54) is 12.1 Å². The van der Waals surface area contributed by atoms with E-state index in [1.54, 1.807) is 4.90 Å². The molecule has 0 radical (unpaired) electrons. The normalized spacial score (nSPS) is 15.6. The number of rotatable bonds is 4. The van der Waals surface area contributed by atoms with Gasteiger partial charge in [0.05, 0.1) is 12.2 Å². The Morgan fingerprint density at radius 2 is 1.89 bits per heavy atom. The van der Waals surface area contributed by atoms with Crippen molar-refractivity contribution in [1.29, 1.82) is 0 Å². The largest absolute Gasteiger partial charge is 0.573 e. The van der Waals surface area contributed by atoms with Crippen LogP contribution < -0.4 is 10.1 Å². The molecule has 1 saturated heterocycles. The summed E-state index contributed by atoms with van der Waals surface area (Å²) in [7, 11) is 0. The molecule has 1 fully saturated rings. The lowest BCUT2D eigenvalue weighted by molar-refractivity contribution is -0.274. The molecule has 1 aliphatic rings. The molecular formula is C17H19F3N4O3. The molecule has 1 N–H and O–H groups in total. The molecule has 10 heteroatoms. The lowest BCUT2D eigenvalue weighted by Gasteiger charge is -2.34. The van der Waals surface area contributed by atoms with Gasteiger partial charge in [0, 0.05) is 37.9 Å². The number of nitrogens with one attached hydrogen (secondary N) is 1. The number of benzene rings is 1. The molecule has 2 aromatic rings. The number of aromatic nitrogens is 1. The third-order valence-electron chi connectivity index (χ3n) is 4.05. The van der Waals surface area contributed by atoms with Crippen LogP contribution in [0, 0.1) is 6.92 Å². The molecule has 0 saturated carbocycles. The van der Waals surface area contributed by atoms with Crippen molar-refractivity contribution in [3.8, 4) is 5.75 Å². The molecular weight excluding hydrogens is 365 g/mol. The van der Waals surface area contributed by atoms with E-state index >= 15 is 0 Å². The van der Waals surface area contributed by atoms with Crippen molar-refractivity contribution in [2.24, 2.45) is 0 Å². The average molecular weight is 384 g/mol. The summed E-state index contributed by atoms with van der Waals surface area (Å²) in [5.41, 5.74) is 1.23. The Morgan fingerprint density at radius 3 is 2.44 bits per heavy atom. The standard InChI is InChI=1S/C17H19F3N4O3/c1-12-10-15(27-22-12)11-23-6-8-24(9-7-23)16(25)21-13-2-4-14(5-3-13)26-17(18,19)20/h2-5,10H,6-9,11H2,1H3,(H,21,25). The van der Waals surface area contributed by atoms with Crippen molar-refractivity contribution >= 4 is 11.7 Å². The Kier molecular flexibility index (Phi) is 5.54. The van der Waals surface area contributed by atoms with Crippen molar-refractivity contribution < 1.29 is 27.2 Å². The Hall–Kier alpha value is -2.75. The van der Waals surface area contributed by atoms with E-state index < -0.39 is 6.36 Å². The van der Waals surface area contributed by atoms with Crippen LogP contribution in [0.5, 0.6) is 5.75 Å². The van der Waals surface area contributed by atoms with Crippen LogP contribution in [0.15, 0.2) is 34.9 Å². The van der Waals surface area contributed by atoms with Crippen LogP contribution >= 0.6 is 0 Å². The maximum absolute atomic E-state index is 12.3. The maximum atomic E-state index is 12.3. The van der Waals surface area contributed by atoms with Gasteiger partial charge in [0.2, 0.25) is 0 Å². The van der Waals surface area contributed by atoms with Gasteiger partial charge in [-0.3, -0.25) is 4.90 Å². The van der Waals surface area contributed by atoms with Gasteiger partial charge in [-0.25, -0.2) is 4.79 Å². The second-order valence-electron chi connectivity index (χ2n) is 6.20. The van der Waals surface area contributed by atoms with E-state index in [1.807, 2.05) is 13.0 Å². The summed E-state index contributed by atoms with van der Waals surface area (Å²) in [6, 6.07) is 6.62. The fourth-order valence-corrected chi connectivity index (χ4v) is 2.76. The van der Waals surface area contributed by atoms with Crippen LogP contribution in [0.3, 0.4) is 0 Å². The second-order valence-corrected chi connectivity index (χ2v) is 6.20. The Bertz CT molecular complexity index is 768. The van der Waals surface area contributed by atoms with Gasteiger partial charge in [-0.2, -0.15) is 0 Å². The minimum atomic E-state index is -4.74. The first-order chi connectivity index (χ1) is 12.8. The topological polar surface area (TPSA) is 70.8 Å². The van der Waals surface area contributed by atoms with Crippen LogP contribution in [-0.4, -0.2) is 53.5 Å². The fourth-order valence-electron chi connectivity index (χ4n) is 2.76. The minimum absolute atomic E-state index is 0.297. The Balaban J connectivity index is 1.46. The third kappa shape index (κ3) is 5.61. The molecule has 7 nitrogen and oxygen atoms in total. The van der Waals surface area contributed by atoms with Gasteiger partial charge in [-0.15, -0.1) is 13.2 Å². The number of carbonyl (C=O) groups is 1. The first-order valence-corrected chi connectivity index (χ1v) is 8.35. The van der Waals surface area contributed by atoms with Crippen LogP contribution in [0.25, 0.3) is 0 Å². The van der Waals surface area contributed by atoms with Gasteiger partial charge < -0.3 is 19.5 Å². The van der Waals surface area contributed by atoms with Crippen molar-refractivity contribution in [2.45, 2.75) is 19.8 Å². The lowest BCUT2D eigenvalue weighted by atomic mass is 10.3. The number of nitrogens with zero attached hydrogens (tertiary/aromatic N) is 3. The first kappa shape index (κ1) is 19.0. The molecule has 1 aromatic carbocycles. The maximum Gasteiger partial charge on any atom is 0.573 e. The summed E-state index contributed by atoms with van der Waals surface area (Å²) >= 11 is 0. The van der Waals surface area contributed by atoms with Gasteiger partial charge in [-0.05, 0) is 31.2 Å². The molecule has 27 heavy (non-hydrogen) atoms. The highest BCUT2D eigenvalue weighted by Gasteiger charge is 2.31. The van der Waals surface area contributed by atoms with E-state index in [-0.39, 0.29) is 11.8 Å². The zero-order valence-corrected chi connectivity index (χ0v) is 14.6. The molecule has 1 aliphatic heterocycles. The number of alkyl halides is 3. The van der Waals surface area contributed by atoms with Crippen molar-refractivity contribution in [3.63, 3.8) is 0 Å². The fraction of sp³-hybridized carbons (Fsp3) is 0.412. The Morgan fingerprint density at radius 1 is 1.22 bits per heavy atom. The number of ether oxygens (including phenoxy) is 1. The minimum Gasteiger partial charge on any atom is -0.406 e. The third-order valence-corrected chi connectivity index (χ3v) is 4.05. The SMILES string of the molecule is Cc1cc(CN2CCN(C(=O)Nc3ccc(OC(F)(F)F)cc3)CC2)on1. The van der Waals surface area contributed by atoms with E-state index in [9.17, 15) is 18.0 Å². The summed E-state index contributed by atoms with van der Waals surface area (Å²) in [6.45, 7) is 4.94. The van der Waals surface area contributed by atoms with Crippen molar-refractivity contribution in [2.75, 3.05) is 31.5 Å². The first-order valence-electron chi connectivity index (χ1n) is 8.35. The number of amides is 2. The van der Waals surface area contributed by atoms with E-state index in [2.05, 4.69) is 20.1 Å². The highest BCUT2D eigenvalue weighted by atomic mass is 19.4. The van der Waals surface area contributed by atoms with E-state index in [0.717, 1.165) is 23.6 Å². The summed E-state index contributed by atoms with van der Waals surface area (Å²) < 4.78 is 45.5. The van der Waals surface area contributed by atoms with Gasteiger partial charge in [-0.1, -0.05) is 5.16 Å².